The van der Waals surface area contributed by atoms with Crippen LogP contribution in [0.1, 0.15) is 0 Å². The predicted molar refractivity (Wildman–Crippen MR) is 56.7 cm³/mol. The molecule has 0 spiro atoms. The molecule has 1 rings (SSSR count). The minimum absolute atomic E-state index is 0.475. The summed E-state index contributed by atoms with van der Waals surface area (Å²) >= 11 is 0. The summed E-state index contributed by atoms with van der Waals surface area (Å²) in [5.74, 6) is 1.45. The second-order valence-corrected chi connectivity index (χ2v) is 2.68. The molecule has 3 heteroatoms. The van der Waals surface area contributed by atoms with Crippen LogP contribution < -0.4 is 15.2 Å². The van der Waals surface area contributed by atoms with Crippen molar-refractivity contribution in [2.24, 2.45) is 5.73 Å². The van der Waals surface area contributed by atoms with E-state index in [1.54, 1.807) is 6.08 Å². The molecule has 14 heavy (non-hydrogen) atoms. The smallest absolute Gasteiger partial charge is 0.161 e. The Morgan fingerprint density at radius 1 is 1.21 bits per heavy atom. The lowest BCUT2D eigenvalue weighted by Crippen LogP contribution is -2.11. The number of benzene rings is 1. The molecule has 0 fully saturated rings. The summed E-state index contributed by atoms with van der Waals surface area (Å²) in [4.78, 5) is 0. The lowest BCUT2D eigenvalue weighted by molar-refractivity contribution is 0.290. The zero-order valence-electron chi connectivity index (χ0n) is 8.11. The van der Waals surface area contributed by atoms with Gasteiger partial charge in [0.15, 0.2) is 11.5 Å². The van der Waals surface area contributed by atoms with Gasteiger partial charge in [-0.2, -0.15) is 0 Å². The zero-order valence-corrected chi connectivity index (χ0v) is 8.11. The average Bonchev–Trinajstić information content (AvgIpc) is 2.24. The Morgan fingerprint density at radius 2 is 1.86 bits per heavy atom. The van der Waals surface area contributed by atoms with E-state index >= 15 is 0 Å². The summed E-state index contributed by atoms with van der Waals surface area (Å²) in [6, 6.07) is 7.50. The first kappa shape index (κ1) is 10.6. The molecule has 0 amide bonds. The summed E-state index contributed by atoms with van der Waals surface area (Å²) in [5, 5.41) is 0. The topological polar surface area (TPSA) is 44.5 Å². The molecule has 0 bridgehead atoms. The Bertz CT molecular complexity index is 286. The number of nitrogens with two attached hydrogens (primary N) is 1. The predicted octanol–water partition coefficient (Wildman–Crippen LogP) is 1.59. The van der Waals surface area contributed by atoms with Crippen LogP contribution in [0.2, 0.25) is 0 Å². The number of ether oxygens (including phenoxy) is 2. The summed E-state index contributed by atoms with van der Waals surface area (Å²) in [6.07, 6.45) is 1.69. The molecular weight excluding hydrogens is 178 g/mol. The highest BCUT2D eigenvalue weighted by Gasteiger charge is 2.01. The van der Waals surface area contributed by atoms with E-state index in [-0.39, 0.29) is 0 Å². The van der Waals surface area contributed by atoms with Crippen molar-refractivity contribution >= 4 is 0 Å². The van der Waals surface area contributed by atoms with Crippen LogP contribution in [0.5, 0.6) is 11.5 Å². The molecule has 2 N–H and O–H groups in total. The number of hydrogen-bond acceptors (Lipinski definition) is 3. The number of hydrogen-bond donors (Lipinski definition) is 1. The van der Waals surface area contributed by atoms with Crippen molar-refractivity contribution in [2.75, 3.05) is 19.8 Å². The van der Waals surface area contributed by atoms with Gasteiger partial charge in [-0.05, 0) is 12.1 Å². The van der Waals surface area contributed by atoms with Crippen molar-refractivity contribution in [1.82, 2.24) is 0 Å². The van der Waals surface area contributed by atoms with Crippen molar-refractivity contribution in [2.45, 2.75) is 0 Å². The third-order valence-electron chi connectivity index (χ3n) is 1.58. The SMILES string of the molecule is C=CCOc1ccccc1OCCN. The number of rotatable bonds is 6. The lowest BCUT2D eigenvalue weighted by Gasteiger charge is -2.10. The second kappa shape index (κ2) is 6.05. The molecule has 0 aliphatic heterocycles. The van der Waals surface area contributed by atoms with Gasteiger partial charge in [0, 0.05) is 6.54 Å². The molecule has 0 aromatic heterocycles. The van der Waals surface area contributed by atoms with Crippen molar-refractivity contribution in [3.63, 3.8) is 0 Å². The monoisotopic (exact) mass is 193 g/mol. The van der Waals surface area contributed by atoms with E-state index in [2.05, 4.69) is 6.58 Å². The van der Waals surface area contributed by atoms with Crippen molar-refractivity contribution in [1.29, 1.82) is 0 Å². The fourth-order valence-corrected chi connectivity index (χ4v) is 1.01. The Balaban J connectivity index is 2.64. The molecule has 0 aliphatic carbocycles. The quantitative estimate of drug-likeness (QED) is 0.698. The van der Waals surface area contributed by atoms with E-state index in [0.29, 0.717) is 19.8 Å². The van der Waals surface area contributed by atoms with Gasteiger partial charge in [0.1, 0.15) is 13.2 Å². The number of para-hydroxylation sites is 2. The molecule has 1 aromatic rings. The maximum atomic E-state index is 5.40. The first-order valence-electron chi connectivity index (χ1n) is 4.54. The van der Waals surface area contributed by atoms with E-state index in [1.165, 1.54) is 0 Å². The minimum Gasteiger partial charge on any atom is -0.488 e. The van der Waals surface area contributed by atoms with Gasteiger partial charge < -0.3 is 15.2 Å². The fraction of sp³-hybridized carbons (Fsp3) is 0.273. The van der Waals surface area contributed by atoms with Gasteiger partial charge in [0.25, 0.3) is 0 Å². The molecule has 0 atom stereocenters. The summed E-state index contributed by atoms with van der Waals surface area (Å²) in [6.45, 7) is 5.05. The fourth-order valence-electron chi connectivity index (χ4n) is 1.01. The molecule has 76 valence electrons. The van der Waals surface area contributed by atoms with E-state index in [1.807, 2.05) is 24.3 Å². The molecule has 0 saturated carbocycles. The maximum Gasteiger partial charge on any atom is 0.161 e. The van der Waals surface area contributed by atoms with Gasteiger partial charge in [-0.1, -0.05) is 24.8 Å². The van der Waals surface area contributed by atoms with Crippen LogP contribution in [0.15, 0.2) is 36.9 Å². The third-order valence-corrected chi connectivity index (χ3v) is 1.58. The molecule has 0 aliphatic rings. The first-order valence-corrected chi connectivity index (χ1v) is 4.54. The van der Waals surface area contributed by atoms with Gasteiger partial charge in [-0.25, -0.2) is 0 Å². The molecule has 0 radical (unpaired) electrons. The van der Waals surface area contributed by atoms with E-state index in [0.717, 1.165) is 11.5 Å². The zero-order chi connectivity index (χ0) is 10.2. The van der Waals surface area contributed by atoms with Gasteiger partial charge in [-0.3, -0.25) is 0 Å². The highest BCUT2D eigenvalue weighted by molar-refractivity contribution is 5.39. The molecule has 3 nitrogen and oxygen atoms in total. The largest absolute Gasteiger partial charge is 0.488 e. The van der Waals surface area contributed by atoms with Crippen LogP contribution in [-0.2, 0) is 0 Å². The van der Waals surface area contributed by atoms with Gasteiger partial charge in [-0.15, -0.1) is 0 Å². The molecule has 0 unspecified atom stereocenters. The van der Waals surface area contributed by atoms with Crippen LogP contribution in [0.3, 0.4) is 0 Å². The van der Waals surface area contributed by atoms with Crippen LogP contribution >= 0.6 is 0 Å². The first-order chi connectivity index (χ1) is 6.88. The molecule has 0 saturated heterocycles. The maximum absolute atomic E-state index is 5.40. The van der Waals surface area contributed by atoms with E-state index in [9.17, 15) is 0 Å². The third kappa shape index (κ3) is 3.11. The Kier molecular flexibility index (Phi) is 4.58. The van der Waals surface area contributed by atoms with Crippen molar-refractivity contribution in [3.8, 4) is 11.5 Å². The van der Waals surface area contributed by atoms with Crippen LogP contribution in [0.4, 0.5) is 0 Å². The highest BCUT2D eigenvalue weighted by atomic mass is 16.5. The Labute approximate surface area is 84.1 Å². The van der Waals surface area contributed by atoms with Crippen LogP contribution in [0.25, 0.3) is 0 Å². The standard InChI is InChI=1S/C11H15NO2/c1-2-8-13-10-5-3-4-6-11(10)14-9-7-12/h2-6H,1,7-9,12H2. The lowest BCUT2D eigenvalue weighted by atomic mass is 10.3. The van der Waals surface area contributed by atoms with Gasteiger partial charge in [0.2, 0.25) is 0 Å². The van der Waals surface area contributed by atoms with Crippen LogP contribution in [0, 0.1) is 0 Å². The Hall–Kier alpha value is -1.48. The average molecular weight is 193 g/mol. The van der Waals surface area contributed by atoms with E-state index < -0.39 is 0 Å². The summed E-state index contributed by atoms with van der Waals surface area (Å²) in [7, 11) is 0. The highest BCUT2D eigenvalue weighted by Crippen LogP contribution is 2.25. The van der Waals surface area contributed by atoms with Gasteiger partial charge >= 0.3 is 0 Å². The normalized spacial score (nSPS) is 9.50. The van der Waals surface area contributed by atoms with Crippen molar-refractivity contribution in [3.05, 3.63) is 36.9 Å². The summed E-state index contributed by atoms with van der Waals surface area (Å²) in [5.41, 5.74) is 5.34. The molecule has 0 heterocycles. The Morgan fingerprint density at radius 3 is 2.43 bits per heavy atom. The van der Waals surface area contributed by atoms with Crippen molar-refractivity contribution < 1.29 is 9.47 Å². The van der Waals surface area contributed by atoms with E-state index in [4.69, 9.17) is 15.2 Å². The minimum atomic E-state index is 0.475. The second-order valence-electron chi connectivity index (χ2n) is 2.68. The molecule has 1 aromatic carbocycles. The summed E-state index contributed by atoms with van der Waals surface area (Å²) < 4.78 is 10.8. The van der Waals surface area contributed by atoms with Crippen LogP contribution in [-0.4, -0.2) is 19.8 Å². The van der Waals surface area contributed by atoms with Gasteiger partial charge in [0.05, 0.1) is 0 Å². The molecular formula is C11H15NO2.